The lowest BCUT2D eigenvalue weighted by molar-refractivity contribution is -0.0610. The van der Waals surface area contributed by atoms with Crippen LogP contribution in [0.4, 0.5) is 4.39 Å². The number of likely N-dealkylation sites (N-methyl/N-ethyl adjacent to an activating group) is 1. The van der Waals surface area contributed by atoms with Crippen LogP contribution < -0.4 is 5.32 Å². The highest BCUT2D eigenvalue weighted by atomic mass is 35.5. The fourth-order valence-electron chi connectivity index (χ4n) is 3.46. The Morgan fingerprint density at radius 2 is 2.05 bits per heavy atom. The molecule has 0 heterocycles. The average Bonchev–Trinajstić information content (AvgIpc) is 2.92. The number of hydrogen-bond acceptors (Lipinski definition) is 2. The first-order chi connectivity index (χ1) is 10.1. The molecule has 118 valence electrons. The number of rotatable bonds is 7. The predicted octanol–water partition coefficient (Wildman–Crippen LogP) is 4.35. The Bertz CT molecular complexity index is 460. The van der Waals surface area contributed by atoms with Gasteiger partial charge >= 0.3 is 0 Å². The van der Waals surface area contributed by atoms with E-state index in [0.29, 0.717) is 23.6 Å². The first kappa shape index (κ1) is 16.7. The molecule has 0 aliphatic heterocycles. The van der Waals surface area contributed by atoms with Gasteiger partial charge in [0.2, 0.25) is 0 Å². The van der Waals surface area contributed by atoms with Crippen molar-refractivity contribution in [3.63, 3.8) is 0 Å². The van der Waals surface area contributed by atoms with Gasteiger partial charge < -0.3 is 10.1 Å². The lowest BCUT2D eigenvalue weighted by Crippen LogP contribution is -2.52. The van der Waals surface area contributed by atoms with E-state index in [1.807, 2.05) is 6.92 Å². The average molecular weight is 314 g/mol. The van der Waals surface area contributed by atoms with E-state index in [1.54, 1.807) is 12.1 Å². The van der Waals surface area contributed by atoms with Crippen molar-refractivity contribution in [2.45, 2.75) is 57.6 Å². The molecular weight excluding hydrogens is 289 g/mol. The van der Waals surface area contributed by atoms with E-state index >= 15 is 0 Å². The number of benzene rings is 1. The standard InChI is InChI=1S/C17H25ClFNO/c1-3-20-16(17(21-4-2)9-5-6-10-17)12-13-11-14(18)7-8-15(13)19/h7-8,11,16,20H,3-6,9-10,12H2,1-2H3. The molecule has 1 N–H and O–H groups in total. The maximum Gasteiger partial charge on any atom is 0.126 e. The molecule has 1 aliphatic rings. The van der Waals surface area contributed by atoms with Gasteiger partial charge in [-0.05, 0) is 56.5 Å². The molecule has 0 amide bonds. The molecule has 21 heavy (non-hydrogen) atoms. The third-order valence-corrected chi connectivity index (χ3v) is 4.63. The quantitative estimate of drug-likeness (QED) is 0.808. The van der Waals surface area contributed by atoms with Gasteiger partial charge in [0.05, 0.1) is 5.60 Å². The highest BCUT2D eigenvalue weighted by Crippen LogP contribution is 2.37. The third kappa shape index (κ3) is 3.97. The number of nitrogens with one attached hydrogen (secondary N) is 1. The van der Waals surface area contributed by atoms with Crippen LogP contribution in [0.3, 0.4) is 0 Å². The molecule has 1 aromatic rings. The van der Waals surface area contributed by atoms with Gasteiger partial charge in [-0.1, -0.05) is 31.4 Å². The van der Waals surface area contributed by atoms with Gasteiger partial charge in [-0.15, -0.1) is 0 Å². The second kappa shape index (κ2) is 7.57. The summed E-state index contributed by atoms with van der Waals surface area (Å²) in [7, 11) is 0. The summed E-state index contributed by atoms with van der Waals surface area (Å²) in [5.74, 6) is -0.188. The van der Waals surface area contributed by atoms with Gasteiger partial charge in [0.1, 0.15) is 5.82 Å². The molecule has 2 rings (SSSR count). The second-order valence-electron chi connectivity index (χ2n) is 5.76. The van der Waals surface area contributed by atoms with Gasteiger partial charge in [-0.25, -0.2) is 4.39 Å². The Labute approximate surface area is 132 Å². The maximum atomic E-state index is 14.0. The summed E-state index contributed by atoms with van der Waals surface area (Å²) in [6.07, 6.45) is 5.06. The molecule has 4 heteroatoms. The monoisotopic (exact) mass is 313 g/mol. The van der Waals surface area contributed by atoms with Crippen LogP contribution >= 0.6 is 11.6 Å². The third-order valence-electron chi connectivity index (χ3n) is 4.40. The lowest BCUT2D eigenvalue weighted by Gasteiger charge is -2.38. The van der Waals surface area contributed by atoms with Crippen molar-refractivity contribution < 1.29 is 9.13 Å². The van der Waals surface area contributed by atoms with E-state index in [1.165, 1.54) is 18.9 Å². The minimum absolute atomic E-state index is 0.123. The SMILES string of the molecule is CCNC(Cc1cc(Cl)ccc1F)C1(OCC)CCCC1. The summed E-state index contributed by atoms with van der Waals surface area (Å²) in [4.78, 5) is 0. The molecule has 0 saturated heterocycles. The normalized spacial score (nSPS) is 18.9. The van der Waals surface area contributed by atoms with Crippen LogP contribution in [0.15, 0.2) is 18.2 Å². The Hall–Kier alpha value is -0.640. The fraction of sp³-hybridized carbons (Fsp3) is 0.647. The lowest BCUT2D eigenvalue weighted by atomic mass is 9.87. The van der Waals surface area contributed by atoms with Crippen LogP contribution in [0.5, 0.6) is 0 Å². The van der Waals surface area contributed by atoms with Gasteiger partial charge in [0.25, 0.3) is 0 Å². The molecule has 0 spiro atoms. The maximum absolute atomic E-state index is 14.0. The molecule has 2 nitrogen and oxygen atoms in total. The van der Waals surface area contributed by atoms with Gasteiger partial charge in [-0.3, -0.25) is 0 Å². The van der Waals surface area contributed by atoms with Crippen molar-refractivity contribution in [2.24, 2.45) is 0 Å². The summed E-state index contributed by atoms with van der Waals surface area (Å²) in [5.41, 5.74) is 0.499. The Kier molecular flexibility index (Phi) is 6.03. The van der Waals surface area contributed by atoms with E-state index in [9.17, 15) is 4.39 Å². The Balaban J connectivity index is 2.23. The van der Waals surface area contributed by atoms with E-state index in [-0.39, 0.29) is 17.5 Å². The van der Waals surface area contributed by atoms with E-state index < -0.39 is 0 Å². The summed E-state index contributed by atoms with van der Waals surface area (Å²) in [6.45, 7) is 5.65. The summed E-state index contributed by atoms with van der Waals surface area (Å²) >= 11 is 6.01. The highest BCUT2D eigenvalue weighted by molar-refractivity contribution is 6.30. The molecule has 1 fully saturated rings. The fourth-order valence-corrected chi connectivity index (χ4v) is 3.66. The molecule has 0 bridgehead atoms. The van der Waals surface area contributed by atoms with E-state index in [0.717, 1.165) is 19.4 Å². The molecule has 1 saturated carbocycles. The van der Waals surface area contributed by atoms with Crippen LogP contribution in [-0.2, 0) is 11.2 Å². The first-order valence-corrected chi connectivity index (χ1v) is 8.30. The minimum atomic E-state index is -0.188. The molecule has 1 aromatic carbocycles. The summed E-state index contributed by atoms with van der Waals surface area (Å²) in [6, 6.07) is 4.90. The summed E-state index contributed by atoms with van der Waals surface area (Å²) < 4.78 is 20.2. The van der Waals surface area contributed by atoms with Crippen molar-refractivity contribution in [1.82, 2.24) is 5.32 Å². The minimum Gasteiger partial charge on any atom is -0.374 e. The van der Waals surface area contributed by atoms with Crippen molar-refractivity contribution >= 4 is 11.6 Å². The number of hydrogen-bond donors (Lipinski definition) is 1. The highest BCUT2D eigenvalue weighted by Gasteiger charge is 2.42. The molecule has 1 atom stereocenters. The largest absolute Gasteiger partial charge is 0.374 e. The number of ether oxygens (including phenoxy) is 1. The van der Waals surface area contributed by atoms with Crippen molar-refractivity contribution in [3.8, 4) is 0 Å². The zero-order valence-electron chi connectivity index (χ0n) is 12.9. The Morgan fingerprint density at radius 1 is 1.33 bits per heavy atom. The van der Waals surface area contributed by atoms with Gasteiger partial charge in [0, 0.05) is 17.7 Å². The number of halogens is 2. The van der Waals surface area contributed by atoms with Gasteiger partial charge in [-0.2, -0.15) is 0 Å². The van der Waals surface area contributed by atoms with E-state index in [2.05, 4.69) is 12.2 Å². The Morgan fingerprint density at radius 3 is 2.67 bits per heavy atom. The molecule has 1 unspecified atom stereocenters. The molecular formula is C17H25ClFNO. The van der Waals surface area contributed by atoms with Crippen LogP contribution in [0.25, 0.3) is 0 Å². The van der Waals surface area contributed by atoms with Crippen LogP contribution in [0.2, 0.25) is 5.02 Å². The zero-order chi connectivity index (χ0) is 15.3. The van der Waals surface area contributed by atoms with Crippen molar-refractivity contribution in [1.29, 1.82) is 0 Å². The predicted molar refractivity (Wildman–Crippen MR) is 85.4 cm³/mol. The van der Waals surface area contributed by atoms with Crippen LogP contribution in [-0.4, -0.2) is 24.8 Å². The first-order valence-electron chi connectivity index (χ1n) is 7.92. The molecule has 1 aliphatic carbocycles. The van der Waals surface area contributed by atoms with Gasteiger partial charge in [0.15, 0.2) is 0 Å². The zero-order valence-corrected chi connectivity index (χ0v) is 13.7. The van der Waals surface area contributed by atoms with E-state index in [4.69, 9.17) is 16.3 Å². The van der Waals surface area contributed by atoms with Crippen molar-refractivity contribution in [3.05, 3.63) is 34.6 Å². The topological polar surface area (TPSA) is 21.3 Å². The van der Waals surface area contributed by atoms with Crippen molar-refractivity contribution in [2.75, 3.05) is 13.2 Å². The molecule has 0 radical (unpaired) electrons. The smallest absolute Gasteiger partial charge is 0.126 e. The summed E-state index contributed by atoms with van der Waals surface area (Å²) in [5, 5.41) is 4.09. The van der Waals surface area contributed by atoms with Crippen LogP contribution in [0, 0.1) is 5.82 Å². The molecule has 0 aromatic heterocycles. The van der Waals surface area contributed by atoms with Crippen LogP contribution in [0.1, 0.15) is 45.1 Å². The second-order valence-corrected chi connectivity index (χ2v) is 6.19.